The number of ketones is 1. The lowest BCUT2D eigenvalue weighted by Crippen LogP contribution is -2.30. The molecule has 9 heteroatoms. The molecule has 188 valence electrons. The minimum Gasteiger partial charge on any atom is -0.493 e. The highest BCUT2D eigenvalue weighted by Gasteiger charge is 2.17. The Balaban J connectivity index is 1.48. The fraction of sp³-hybridized carbons (Fsp3) is 0.222. The number of ether oxygens (including phenoxy) is 4. The van der Waals surface area contributed by atoms with Crippen molar-refractivity contribution >= 4 is 23.5 Å². The predicted molar refractivity (Wildman–Crippen MR) is 134 cm³/mol. The van der Waals surface area contributed by atoms with Crippen LogP contribution in [0.1, 0.15) is 21.5 Å². The summed E-state index contributed by atoms with van der Waals surface area (Å²) in [6.07, 6.45) is -0.504. The molecule has 0 radical (unpaired) electrons. The fourth-order valence-corrected chi connectivity index (χ4v) is 3.35. The van der Waals surface area contributed by atoms with Crippen LogP contribution in [0.3, 0.4) is 0 Å². The van der Waals surface area contributed by atoms with E-state index < -0.39 is 6.09 Å². The van der Waals surface area contributed by atoms with E-state index >= 15 is 0 Å². The van der Waals surface area contributed by atoms with E-state index in [1.54, 1.807) is 24.3 Å². The van der Waals surface area contributed by atoms with Gasteiger partial charge in [0.25, 0.3) is 0 Å². The monoisotopic (exact) mass is 492 g/mol. The van der Waals surface area contributed by atoms with Crippen LogP contribution in [-0.4, -0.2) is 45.7 Å². The Kier molecular flexibility index (Phi) is 9.27. The van der Waals surface area contributed by atoms with Crippen molar-refractivity contribution in [3.05, 3.63) is 83.4 Å². The van der Waals surface area contributed by atoms with E-state index in [1.165, 1.54) is 33.5 Å². The zero-order valence-corrected chi connectivity index (χ0v) is 20.3. The molecule has 3 aromatic rings. The molecule has 3 rings (SSSR count). The Bertz CT molecular complexity index is 1170. The number of hydrogen-bond donors (Lipinski definition) is 2. The third-order valence-electron chi connectivity index (χ3n) is 5.21. The zero-order chi connectivity index (χ0) is 25.9. The summed E-state index contributed by atoms with van der Waals surface area (Å²) in [4.78, 5) is 36.9. The lowest BCUT2D eigenvalue weighted by Gasteiger charge is -2.14. The Morgan fingerprint density at radius 1 is 0.778 bits per heavy atom. The summed E-state index contributed by atoms with van der Waals surface area (Å²) in [5.74, 6) is 0.450. The number of benzene rings is 3. The third kappa shape index (κ3) is 7.23. The summed E-state index contributed by atoms with van der Waals surface area (Å²) < 4.78 is 21.0. The highest BCUT2D eigenvalue weighted by atomic mass is 16.5. The van der Waals surface area contributed by atoms with Crippen molar-refractivity contribution in [1.82, 2.24) is 5.32 Å². The summed E-state index contributed by atoms with van der Waals surface area (Å²) >= 11 is 0. The Morgan fingerprint density at radius 2 is 1.42 bits per heavy atom. The Hall–Kier alpha value is -4.53. The van der Waals surface area contributed by atoms with E-state index in [4.69, 9.17) is 18.9 Å². The first-order valence-corrected chi connectivity index (χ1v) is 11.1. The number of hydrogen-bond acceptors (Lipinski definition) is 7. The van der Waals surface area contributed by atoms with Crippen molar-refractivity contribution in [3.8, 4) is 17.2 Å². The molecule has 3 aromatic carbocycles. The van der Waals surface area contributed by atoms with Crippen LogP contribution in [0.2, 0.25) is 0 Å². The van der Waals surface area contributed by atoms with Gasteiger partial charge < -0.3 is 24.3 Å². The van der Waals surface area contributed by atoms with Crippen LogP contribution in [0.4, 0.5) is 10.5 Å². The number of amides is 2. The van der Waals surface area contributed by atoms with E-state index in [0.717, 1.165) is 11.1 Å². The number of carbonyl (C=O) groups excluding carboxylic acids is 3. The molecule has 0 saturated heterocycles. The molecule has 0 aliphatic carbocycles. The van der Waals surface area contributed by atoms with Crippen LogP contribution in [0.25, 0.3) is 0 Å². The first-order valence-electron chi connectivity index (χ1n) is 11.1. The van der Waals surface area contributed by atoms with Gasteiger partial charge in [-0.2, -0.15) is 0 Å². The molecule has 36 heavy (non-hydrogen) atoms. The second-order valence-corrected chi connectivity index (χ2v) is 7.67. The number of anilines is 1. The first-order chi connectivity index (χ1) is 17.4. The average Bonchev–Trinajstić information content (AvgIpc) is 2.91. The molecule has 0 bridgehead atoms. The van der Waals surface area contributed by atoms with Gasteiger partial charge in [-0.1, -0.05) is 42.5 Å². The number of Topliss-reactive ketones (excluding diaryl/α,β-unsaturated/α-hetero) is 1. The van der Waals surface area contributed by atoms with Gasteiger partial charge in [0.2, 0.25) is 11.7 Å². The van der Waals surface area contributed by atoms with Gasteiger partial charge in [0.15, 0.2) is 17.3 Å². The quantitative estimate of drug-likeness (QED) is 0.389. The Morgan fingerprint density at radius 3 is 2.00 bits per heavy atom. The molecule has 2 amide bonds. The third-order valence-corrected chi connectivity index (χ3v) is 5.21. The first kappa shape index (κ1) is 26.1. The van der Waals surface area contributed by atoms with E-state index in [0.29, 0.717) is 28.5 Å². The van der Waals surface area contributed by atoms with E-state index in [-0.39, 0.29) is 31.3 Å². The van der Waals surface area contributed by atoms with Gasteiger partial charge in [0.05, 0.1) is 34.3 Å². The molecule has 2 N–H and O–H groups in total. The number of methoxy groups -OCH3 is 3. The van der Waals surface area contributed by atoms with Crippen LogP contribution < -0.4 is 24.8 Å². The lowest BCUT2D eigenvalue weighted by atomic mass is 10.1. The summed E-state index contributed by atoms with van der Waals surface area (Å²) in [6.45, 7) is -0.0237. The van der Waals surface area contributed by atoms with Gasteiger partial charge in [-0.15, -0.1) is 0 Å². The number of rotatable bonds is 11. The number of carbonyl (C=O) groups is 3. The van der Waals surface area contributed by atoms with E-state index in [2.05, 4.69) is 10.6 Å². The maximum absolute atomic E-state index is 12.6. The van der Waals surface area contributed by atoms with Crippen LogP contribution in [0, 0.1) is 0 Å². The molecule has 0 unspecified atom stereocenters. The second-order valence-electron chi connectivity index (χ2n) is 7.67. The molecule has 0 aliphatic rings. The summed E-state index contributed by atoms with van der Waals surface area (Å²) in [5, 5.41) is 5.26. The highest BCUT2D eigenvalue weighted by molar-refractivity contribution is 6.00. The van der Waals surface area contributed by atoms with Gasteiger partial charge in [-0.25, -0.2) is 4.79 Å². The second kappa shape index (κ2) is 12.8. The molecule has 0 heterocycles. The Labute approximate surface area is 209 Å². The van der Waals surface area contributed by atoms with Gasteiger partial charge in [-0.3, -0.25) is 14.9 Å². The lowest BCUT2D eigenvalue weighted by molar-refractivity contribution is -0.120. The molecule has 0 spiro atoms. The summed E-state index contributed by atoms with van der Waals surface area (Å²) in [5.41, 5.74) is 2.46. The van der Waals surface area contributed by atoms with Crippen molar-refractivity contribution in [3.63, 3.8) is 0 Å². The normalized spacial score (nSPS) is 10.2. The maximum atomic E-state index is 12.6. The SMILES string of the molecule is COc1cc(C(=O)CNC(=O)Cc2ccc(NC(=O)OCc3ccccc3)cc2)cc(OC)c1OC. The van der Waals surface area contributed by atoms with Crippen molar-refractivity contribution in [2.45, 2.75) is 13.0 Å². The van der Waals surface area contributed by atoms with E-state index in [9.17, 15) is 14.4 Å². The van der Waals surface area contributed by atoms with Crippen molar-refractivity contribution in [2.24, 2.45) is 0 Å². The minimum absolute atomic E-state index is 0.0707. The highest BCUT2D eigenvalue weighted by Crippen LogP contribution is 2.38. The molecule has 0 aliphatic heterocycles. The standard InChI is InChI=1S/C27H28N2O7/c1-33-23-14-20(15-24(34-2)26(23)35-3)22(30)16-28-25(31)13-18-9-11-21(12-10-18)29-27(32)36-17-19-7-5-4-6-8-19/h4-12,14-15H,13,16-17H2,1-3H3,(H,28,31)(H,29,32). The average molecular weight is 493 g/mol. The molecule has 0 aromatic heterocycles. The van der Waals surface area contributed by atoms with Crippen LogP contribution in [-0.2, 0) is 22.6 Å². The van der Waals surface area contributed by atoms with Crippen LogP contribution in [0.15, 0.2) is 66.7 Å². The molecule has 0 atom stereocenters. The van der Waals surface area contributed by atoms with E-state index in [1.807, 2.05) is 30.3 Å². The van der Waals surface area contributed by atoms with Gasteiger partial charge >= 0.3 is 6.09 Å². The fourth-order valence-electron chi connectivity index (χ4n) is 3.35. The van der Waals surface area contributed by atoms with Crippen LogP contribution >= 0.6 is 0 Å². The molecule has 0 saturated carbocycles. The smallest absolute Gasteiger partial charge is 0.411 e. The number of nitrogens with one attached hydrogen (secondary N) is 2. The molecule has 0 fully saturated rings. The minimum atomic E-state index is -0.574. The summed E-state index contributed by atoms with van der Waals surface area (Å²) in [7, 11) is 4.39. The van der Waals surface area contributed by atoms with Crippen molar-refractivity contribution < 1.29 is 33.3 Å². The van der Waals surface area contributed by atoms with Gasteiger partial charge in [-0.05, 0) is 35.4 Å². The summed E-state index contributed by atoms with van der Waals surface area (Å²) in [6, 6.07) is 19.2. The van der Waals surface area contributed by atoms with Crippen LogP contribution in [0.5, 0.6) is 17.2 Å². The molecular formula is C27H28N2O7. The molecule has 9 nitrogen and oxygen atoms in total. The molecular weight excluding hydrogens is 464 g/mol. The van der Waals surface area contributed by atoms with Gasteiger partial charge in [0.1, 0.15) is 6.61 Å². The van der Waals surface area contributed by atoms with Gasteiger partial charge in [0, 0.05) is 11.3 Å². The largest absolute Gasteiger partial charge is 0.493 e. The zero-order valence-electron chi connectivity index (χ0n) is 20.3. The van der Waals surface area contributed by atoms with Crippen molar-refractivity contribution in [1.29, 1.82) is 0 Å². The predicted octanol–water partition coefficient (Wildman–Crippen LogP) is 4.00. The van der Waals surface area contributed by atoms with Crippen molar-refractivity contribution in [2.75, 3.05) is 33.2 Å². The maximum Gasteiger partial charge on any atom is 0.411 e. The topological polar surface area (TPSA) is 112 Å².